The molecule has 4 heteroatoms. The van der Waals surface area contributed by atoms with Crippen molar-refractivity contribution in [2.75, 3.05) is 25.1 Å². The Morgan fingerprint density at radius 1 is 1.53 bits per heavy atom. The van der Waals surface area contributed by atoms with Gasteiger partial charge in [0.05, 0.1) is 16.8 Å². The van der Waals surface area contributed by atoms with Crippen LogP contribution < -0.4 is 4.90 Å². The molecule has 0 amide bonds. The number of rotatable bonds is 2. The van der Waals surface area contributed by atoms with Crippen LogP contribution in [0.25, 0.3) is 0 Å². The summed E-state index contributed by atoms with van der Waals surface area (Å²) in [5.41, 5.74) is 1.06. The average Bonchev–Trinajstić information content (AvgIpc) is 2.70. The molecule has 1 aliphatic rings. The van der Waals surface area contributed by atoms with Gasteiger partial charge in [-0.25, -0.2) is 0 Å². The summed E-state index contributed by atoms with van der Waals surface area (Å²) in [7, 11) is 1.75. The predicted octanol–water partition coefficient (Wildman–Crippen LogP) is 2.85. The van der Waals surface area contributed by atoms with Gasteiger partial charge in [0.15, 0.2) is 0 Å². The molecule has 1 aromatic rings. The summed E-state index contributed by atoms with van der Waals surface area (Å²) in [6, 6.07) is 5.91. The Labute approximate surface area is 101 Å². The molecule has 0 bridgehead atoms. The van der Waals surface area contributed by atoms with Crippen LogP contribution in [-0.2, 0) is 4.74 Å². The summed E-state index contributed by atoms with van der Waals surface area (Å²) in [5, 5.41) is 0.734. The third-order valence-electron chi connectivity index (χ3n) is 2.78. The van der Waals surface area contributed by atoms with E-state index in [4.69, 9.17) is 16.3 Å². The molecule has 1 atom stereocenters. The molecule has 2 nitrogen and oxygen atoms in total. The van der Waals surface area contributed by atoms with E-state index < -0.39 is 0 Å². The van der Waals surface area contributed by atoms with E-state index in [-0.39, 0.29) is 0 Å². The van der Waals surface area contributed by atoms with E-state index in [1.54, 1.807) is 7.11 Å². The zero-order valence-electron chi connectivity index (χ0n) is 8.61. The van der Waals surface area contributed by atoms with Crippen LogP contribution in [0.1, 0.15) is 6.42 Å². The van der Waals surface area contributed by atoms with Crippen LogP contribution in [-0.4, -0.2) is 26.3 Å². The maximum atomic E-state index is 6.21. The smallest absolute Gasteiger partial charge is 0.0772 e. The van der Waals surface area contributed by atoms with Gasteiger partial charge in [0, 0.05) is 25.1 Å². The molecule has 0 N–H and O–H groups in total. The quantitative estimate of drug-likeness (QED) is 0.802. The number of halogens is 1. The van der Waals surface area contributed by atoms with Gasteiger partial charge < -0.3 is 9.64 Å². The predicted molar refractivity (Wildman–Crippen MR) is 66.3 cm³/mol. The SMILES string of the molecule is COC1CCN(c2cccc(S)c2Cl)C1. The van der Waals surface area contributed by atoms with Crippen molar-refractivity contribution < 1.29 is 4.74 Å². The number of nitrogens with zero attached hydrogens (tertiary/aromatic N) is 1. The molecule has 1 aliphatic heterocycles. The normalized spacial score (nSPS) is 21.0. The van der Waals surface area contributed by atoms with E-state index >= 15 is 0 Å². The van der Waals surface area contributed by atoms with Crippen molar-refractivity contribution in [3.63, 3.8) is 0 Å². The zero-order chi connectivity index (χ0) is 10.8. The highest BCUT2D eigenvalue weighted by atomic mass is 35.5. The number of methoxy groups -OCH3 is 1. The number of hydrogen-bond donors (Lipinski definition) is 1. The largest absolute Gasteiger partial charge is 0.380 e. The van der Waals surface area contributed by atoms with Gasteiger partial charge in [-0.15, -0.1) is 12.6 Å². The van der Waals surface area contributed by atoms with E-state index in [1.807, 2.05) is 18.2 Å². The lowest BCUT2D eigenvalue weighted by atomic mass is 10.3. The second kappa shape index (κ2) is 4.64. The van der Waals surface area contributed by atoms with Crippen molar-refractivity contribution in [1.82, 2.24) is 0 Å². The lowest BCUT2D eigenvalue weighted by Gasteiger charge is -2.20. The second-order valence-corrected chi connectivity index (χ2v) is 4.56. The minimum atomic E-state index is 0.324. The fourth-order valence-corrected chi connectivity index (χ4v) is 2.34. The highest BCUT2D eigenvalue weighted by molar-refractivity contribution is 7.80. The Morgan fingerprint density at radius 3 is 3.00 bits per heavy atom. The molecule has 1 saturated heterocycles. The van der Waals surface area contributed by atoms with E-state index in [0.717, 1.165) is 35.1 Å². The van der Waals surface area contributed by atoms with Gasteiger partial charge in [-0.2, -0.15) is 0 Å². The maximum absolute atomic E-state index is 6.21. The second-order valence-electron chi connectivity index (χ2n) is 3.70. The Kier molecular flexibility index (Phi) is 3.44. The summed E-state index contributed by atoms with van der Waals surface area (Å²) in [6.45, 7) is 1.91. The minimum absolute atomic E-state index is 0.324. The van der Waals surface area contributed by atoms with Gasteiger partial charge in [0.25, 0.3) is 0 Å². The van der Waals surface area contributed by atoms with Crippen LogP contribution >= 0.6 is 24.2 Å². The number of hydrogen-bond acceptors (Lipinski definition) is 3. The summed E-state index contributed by atoms with van der Waals surface area (Å²) in [6.07, 6.45) is 1.38. The molecule has 82 valence electrons. The van der Waals surface area contributed by atoms with Crippen molar-refractivity contribution >= 4 is 29.9 Å². The van der Waals surface area contributed by atoms with Crippen molar-refractivity contribution in [3.8, 4) is 0 Å². The Balaban J connectivity index is 2.20. The topological polar surface area (TPSA) is 12.5 Å². The van der Waals surface area contributed by atoms with Crippen LogP contribution in [0.2, 0.25) is 5.02 Å². The summed E-state index contributed by atoms with van der Waals surface area (Å²) < 4.78 is 5.33. The highest BCUT2D eigenvalue weighted by Gasteiger charge is 2.23. The lowest BCUT2D eigenvalue weighted by Crippen LogP contribution is -2.22. The minimum Gasteiger partial charge on any atom is -0.380 e. The van der Waals surface area contributed by atoms with E-state index in [9.17, 15) is 0 Å². The van der Waals surface area contributed by atoms with Crippen LogP contribution in [0, 0.1) is 0 Å². The molecule has 1 unspecified atom stereocenters. The molecular weight excluding hydrogens is 230 g/mol. The molecule has 0 radical (unpaired) electrons. The standard InChI is InChI=1S/C11H14ClNOS/c1-14-8-5-6-13(7-8)9-3-2-4-10(15)11(9)12/h2-4,8,15H,5-7H2,1H3. The third-order valence-corrected chi connectivity index (χ3v) is 3.68. The molecule has 1 aromatic carbocycles. The molecule has 15 heavy (non-hydrogen) atoms. The average molecular weight is 244 g/mol. The zero-order valence-corrected chi connectivity index (χ0v) is 10.3. The van der Waals surface area contributed by atoms with Crippen LogP contribution in [0.15, 0.2) is 23.1 Å². The highest BCUT2D eigenvalue weighted by Crippen LogP contribution is 2.33. The number of benzene rings is 1. The first kappa shape index (κ1) is 11.1. The molecular formula is C11H14ClNOS. The van der Waals surface area contributed by atoms with Crippen molar-refractivity contribution in [2.24, 2.45) is 0 Å². The van der Waals surface area contributed by atoms with Crippen molar-refractivity contribution in [1.29, 1.82) is 0 Å². The number of ether oxygens (including phenoxy) is 1. The van der Waals surface area contributed by atoms with Crippen molar-refractivity contribution in [3.05, 3.63) is 23.2 Å². The van der Waals surface area contributed by atoms with Gasteiger partial charge in [-0.05, 0) is 18.6 Å². The van der Waals surface area contributed by atoms with Gasteiger partial charge in [-0.1, -0.05) is 17.7 Å². The molecule has 0 spiro atoms. The van der Waals surface area contributed by atoms with E-state index in [0.29, 0.717) is 6.10 Å². The molecule has 0 saturated carbocycles. The van der Waals surface area contributed by atoms with E-state index in [1.165, 1.54) is 0 Å². The van der Waals surface area contributed by atoms with Crippen LogP contribution in [0.3, 0.4) is 0 Å². The van der Waals surface area contributed by atoms with Gasteiger partial charge in [0.2, 0.25) is 0 Å². The third kappa shape index (κ3) is 2.25. The maximum Gasteiger partial charge on any atom is 0.0772 e. The first-order valence-corrected chi connectivity index (χ1v) is 5.80. The van der Waals surface area contributed by atoms with Gasteiger partial charge >= 0.3 is 0 Å². The molecule has 0 aromatic heterocycles. The van der Waals surface area contributed by atoms with Gasteiger partial charge in [-0.3, -0.25) is 0 Å². The Hall–Kier alpha value is -0.380. The summed E-state index contributed by atoms with van der Waals surface area (Å²) in [5.74, 6) is 0. The van der Waals surface area contributed by atoms with Crippen molar-refractivity contribution in [2.45, 2.75) is 17.4 Å². The monoisotopic (exact) mass is 243 g/mol. The number of thiol groups is 1. The lowest BCUT2D eigenvalue weighted by molar-refractivity contribution is 0.121. The first-order chi connectivity index (χ1) is 7.22. The summed E-state index contributed by atoms with van der Waals surface area (Å²) in [4.78, 5) is 3.07. The van der Waals surface area contributed by atoms with Crippen LogP contribution in [0.5, 0.6) is 0 Å². The summed E-state index contributed by atoms with van der Waals surface area (Å²) >= 11 is 10.5. The van der Waals surface area contributed by atoms with Gasteiger partial charge in [0.1, 0.15) is 0 Å². The molecule has 2 rings (SSSR count). The Bertz CT molecular complexity index is 358. The van der Waals surface area contributed by atoms with Crippen LogP contribution in [0.4, 0.5) is 5.69 Å². The fourth-order valence-electron chi connectivity index (χ4n) is 1.89. The fraction of sp³-hybridized carbons (Fsp3) is 0.455. The molecule has 1 fully saturated rings. The molecule has 1 heterocycles. The first-order valence-electron chi connectivity index (χ1n) is 4.97. The molecule has 0 aliphatic carbocycles. The van der Waals surface area contributed by atoms with E-state index in [2.05, 4.69) is 17.5 Å². The Morgan fingerprint density at radius 2 is 2.33 bits per heavy atom. The number of anilines is 1.